The maximum absolute atomic E-state index is 12.1. The van der Waals surface area contributed by atoms with Crippen molar-refractivity contribution < 1.29 is 0 Å². The zero-order chi connectivity index (χ0) is 14.0. The van der Waals surface area contributed by atoms with Gasteiger partial charge in [0.1, 0.15) is 5.82 Å². The topological polar surface area (TPSA) is 45.8 Å². The van der Waals surface area contributed by atoms with E-state index < -0.39 is 0 Å². The van der Waals surface area contributed by atoms with Gasteiger partial charge in [-0.2, -0.15) is 0 Å². The van der Waals surface area contributed by atoms with Gasteiger partial charge in [-0.3, -0.25) is 4.79 Å². The minimum absolute atomic E-state index is 0.0357. The third-order valence-corrected chi connectivity index (χ3v) is 3.83. The molecule has 0 aliphatic heterocycles. The van der Waals surface area contributed by atoms with Crippen LogP contribution in [0.3, 0.4) is 0 Å². The molecule has 0 unspecified atom stereocenters. The number of rotatable bonds is 3. The quantitative estimate of drug-likeness (QED) is 0.870. The number of hydrogen-bond acceptors (Lipinski definition) is 3. The minimum atomic E-state index is -0.0357. The van der Waals surface area contributed by atoms with Crippen molar-refractivity contribution in [1.82, 2.24) is 9.97 Å². The maximum Gasteiger partial charge on any atom is 0.254 e. The van der Waals surface area contributed by atoms with Crippen molar-refractivity contribution in [1.29, 1.82) is 0 Å². The molecule has 1 aromatic heterocycles. The van der Waals surface area contributed by atoms with Crippen LogP contribution in [0.2, 0.25) is 0 Å². The summed E-state index contributed by atoms with van der Waals surface area (Å²) < 4.78 is 0. The second-order valence-electron chi connectivity index (χ2n) is 4.80. The third kappa shape index (κ3) is 2.89. The molecule has 0 radical (unpaired) electrons. The number of H-pyrrole nitrogens is 1. The number of aromatic amines is 1. The highest BCUT2D eigenvalue weighted by Gasteiger charge is 2.12. The lowest BCUT2D eigenvalue weighted by molar-refractivity contribution is 0.815. The molecule has 0 bridgehead atoms. The van der Waals surface area contributed by atoms with Crippen molar-refractivity contribution in [3.8, 4) is 11.4 Å². The van der Waals surface area contributed by atoms with Gasteiger partial charge in [0.2, 0.25) is 0 Å². The summed E-state index contributed by atoms with van der Waals surface area (Å²) in [5.74, 6) is 0.823. The molecule has 1 heterocycles. The Morgan fingerprint density at radius 2 is 1.84 bits per heavy atom. The van der Waals surface area contributed by atoms with E-state index in [-0.39, 0.29) is 11.5 Å². The van der Waals surface area contributed by atoms with E-state index in [0.717, 1.165) is 16.8 Å². The largest absolute Gasteiger partial charge is 0.306 e. The molecule has 0 fully saturated rings. The first-order valence-corrected chi connectivity index (χ1v) is 7.50. The molecule has 1 aromatic carbocycles. The first-order valence-electron chi connectivity index (χ1n) is 6.28. The van der Waals surface area contributed by atoms with Gasteiger partial charge in [-0.05, 0) is 31.2 Å². The number of thioether (sulfide) groups is 1. The lowest BCUT2D eigenvalue weighted by atomic mass is 10.0. The number of aryl methyl sites for hydroxylation is 1. The van der Waals surface area contributed by atoms with Crippen molar-refractivity contribution >= 4 is 11.8 Å². The van der Waals surface area contributed by atoms with E-state index >= 15 is 0 Å². The van der Waals surface area contributed by atoms with E-state index in [1.807, 2.05) is 51.3 Å². The maximum atomic E-state index is 12.1. The fourth-order valence-electron chi connectivity index (χ4n) is 2.16. The normalized spacial score (nSPS) is 11.0. The highest BCUT2D eigenvalue weighted by molar-refractivity contribution is 7.98. The number of benzene rings is 1. The zero-order valence-electron chi connectivity index (χ0n) is 11.7. The van der Waals surface area contributed by atoms with Gasteiger partial charge in [0.25, 0.3) is 5.56 Å². The average Bonchev–Trinajstić information content (AvgIpc) is 2.37. The molecule has 0 aliphatic carbocycles. The lowest BCUT2D eigenvalue weighted by Gasteiger charge is -2.10. The summed E-state index contributed by atoms with van der Waals surface area (Å²) in [6, 6.07) is 8.04. The van der Waals surface area contributed by atoms with Gasteiger partial charge in [-0.1, -0.05) is 26.0 Å². The number of hydrogen-bond donors (Lipinski definition) is 1. The van der Waals surface area contributed by atoms with Gasteiger partial charge in [-0.15, -0.1) is 11.8 Å². The van der Waals surface area contributed by atoms with Crippen LogP contribution in [-0.4, -0.2) is 16.2 Å². The van der Waals surface area contributed by atoms with Gasteiger partial charge in [0.15, 0.2) is 0 Å². The summed E-state index contributed by atoms with van der Waals surface area (Å²) in [7, 11) is 0. The Morgan fingerprint density at radius 3 is 2.32 bits per heavy atom. The molecule has 0 amide bonds. The molecule has 2 aromatic rings. The molecule has 0 saturated heterocycles. The molecule has 3 nitrogen and oxygen atoms in total. The highest BCUT2D eigenvalue weighted by atomic mass is 32.2. The molecular weight excluding hydrogens is 256 g/mol. The molecule has 100 valence electrons. The van der Waals surface area contributed by atoms with Gasteiger partial charge < -0.3 is 4.98 Å². The van der Waals surface area contributed by atoms with E-state index in [1.54, 1.807) is 11.8 Å². The summed E-state index contributed by atoms with van der Waals surface area (Å²) in [4.78, 5) is 20.7. The van der Waals surface area contributed by atoms with Crippen LogP contribution in [0, 0.1) is 6.92 Å². The van der Waals surface area contributed by atoms with Crippen LogP contribution in [0.5, 0.6) is 0 Å². The minimum Gasteiger partial charge on any atom is -0.306 e. The molecule has 4 heteroatoms. The van der Waals surface area contributed by atoms with Crippen LogP contribution in [0.15, 0.2) is 34.0 Å². The van der Waals surface area contributed by atoms with E-state index in [2.05, 4.69) is 9.97 Å². The number of nitrogens with zero attached hydrogens (tertiary/aromatic N) is 1. The predicted molar refractivity (Wildman–Crippen MR) is 80.9 cm³/mol. The van der Waals surface area contributed by atoms with Crippen LogP contribution < -0.4 is 5.56 Å². The molecule has 0 saturated carbocycles. The molecule has 2 rings (SSSR count). The second kappa shape index (κ2) is 5.61. The summed E-state index contributed by atoms with van der Waals surface area (Å²) in [5, 5.41) is 0. The summed E-state index contributed by atoms with van der Waals surface area (Å²) in [6.45, 7) is 5.91. The standard InChI is InChI=1S/C15H18N2OS/c1-9(2)13-10(3)16-14(17-15(13)18)11-5-7-12(19-4)8-6-11/h5-9H,1-4H3,(H,16,17,18). The summed E-state index contributed by atoms with van der Waals surface area (Å²) in [6.07, 6.45) is 2.04. The highest BCUT2D eigenvalue weighted by Crippen LogP contribution is 2.21. The van der Waals surface area contributed by atoms with Crippen molar-refractivity contribution in [3.05, 3.63) is 45.9 Å². The predicted octanol–water partition coefficient (Wildman–Crippen LogP) is 3.59. The lowest BCUT2D eigenvalue weighted by Crippen LogP contribution is -2.18. The smallest absolute Gasteiger partial charge is 0.254 e. The van der Waals surface area contributed by atoms with Crippen LogP contribution in [0.4, 0.5) is 0 Å². The van der Waals surface area contributed by atoms with Crippen LogP contribution >= 0.6 is 11.8 Å². The van der Waals surface area contributed by atoms with E-state index in [1.165, 1.54) is 4.90 Å². The first-order chi connectivity index (χ1) is 9.02. The van der Waals surface area contributed by atoms with Crippen molar-refractivity contribution in [2.75, 3.05) is 6.26 Å². The third-order valence-electron chi connectivity index (χ3n) is 3.09. The van der Waals surface area contributed by atoms with E-state index in [4.69, 9.17) is 0 Å². The summed E-state index contributed by atoms with van der Waals surface area (Å²) >= 11 is 1.69. The average molecular weight is 274 g/mol. The Hall–Kier alpha value is -1.55. The molecular formula is C15H18N2OS. The van der Waals surface area contributed by atoms with Crippen LogP contribution in [0.25, 0.3) is 11.4 Å². The monoisotopic (exact) mass is 274 g/mol. The Labute approximate surface area is 117 Å². The molecule has 0 atom stereocenters. The molecule has 0 spiro atoms. The summed E-state index contributed by atoms with van der Waals surface area (Å²) in [5.41, 5.74) is 2.48. The first kappa shape index (κ1) is 13.9. The second-order valence-corrected chi connectivity index (χ2v) is 5.68. The fraction of sp³-hybridized carbons (Fsp3) is 0.333. The van der Waals surface area contributed by atoms with E-state index in [9.17, 15) is 4.79 Å². The molecule has 19 heavy (non-hydrogen) atoms. The fourth-order valence-corrected chi connectivity index (χ4v) is 2.57. The van der Waals surface area contributed by atoms with Crippen molar-refractivity contribution in [3.63, 3.8) is 0 Å². The Morgan fingerprint density at radius 1 is 1.21 bits per heavy atom. The van der Waals surface area contributed by atoms with E-state index in [0.29, 0.717) is 5.82 Å². The zero-order valence-corrected chi connectivity index (χ0v) is 12.5. The Bertz CT molecular complexity index is 630. The Balaban J connectivity index is 2.49. The number of aromatic nitrogens is 2. The van der Waals surface area contributed by atoms with Gasteiger partial charge >= 0.3 is 0 Å². The van der Waals surface area contributed by atoms with Crippen molar-refractivity contribution in [2.45, 2.75) is 31.6 Å². The van der Waals surface area contributed by atoms with Crippen LogP contribution in [-0.2, 0) is 0 Å². The SMILES string of the molecule is CSc1ccc(-c2nc(C)c(C(C)C)c(=O)[nH]2)cc1. The van der Waals surface area contributed by atoms with Crippen molar-refractivity contribution in [2.24, 2.45) is 0 Å². The van der Waals surface area contributed by atoms with Gasteiger partial charge in [0, 0.05) is 21.7 Å². The van der Waals surface area contributed by atoms with Gasteiger partial charge in [-0.25, -0.2) is 4.98 Å². The Kier molecular flexibility index (Phi) is 4.10. The van der Waals surface area contributed by atoms with Gasteiger partial charge in [0.05, 0.1) is 0 Å². The number of nitrogens with one attached hydrogen (secondary N) is 1. The molecule has 0 aliphatic rings. The molecule has 1 N–H and O–H groups in total. The van der Waals surface area contributed by atoms with Crippen LogP contribution in [0.1, 0.15) is 31.0 Å².